The van der Waals surface area contributed by atoms with Crippen molar-refractivity contribution in [3.63, 3.8) is 0 Å². The van der Waals surface area contributed by atoms with Crippen LogP contribution in [0.4, 0.5) is 17.1 Å². The molecule has 1 unspecified atom stereocenters. The highest BCUT2D eigenvalue weighted by Gasteiger charge is 2.25. The molecule has 1 fully saturated rings. The summed E-state index contributed by atoms with van der Waals surface area (Å²) in [5, 5.41) is 14.4. The number of hydrogen-bond donors (Lipinski definition) is 1. The van der Waals surface area contributed by atoms with Gasteiger partial charge in [-0.05, 0) is 55.5 Å². The van der Waals surface area contributed by atoms with Gasteiger partial charge < -0.3 is 15.0 Å². The zero-order chi connectivity index (χ0) is 20.3. The molecular weight excluding hydrogens is 358 g/mol. The maximum absolute atomic E-state index is 12.7. The second-order valence-electron chi connectivity index (χ2n) is 7.31. The minimum Gasteiger partial charge on any atom is -0.495 e. The molecule has 0 spiro atoms. The molecule has 1 heterocycles. The fraction of sp³-hybridized carbons (Fsp3) is 0.381. The number of aryl methyl sites for hydroxylation is 1. The quantitative estimate of drug-likeness (QED) is 0.611. The van der Waals surface area contributed by atoms with Crippen LogP contribution in [-0.2, 0) is 0 Å². The van der Waals surface area contributed by atoms with Crippen molar-refractivity contribution in [3.8, 4) is 5.75 Å². The molecule has 0 bridgehead atoms. The SMILES string of the molecule is COc1ccc(C)cc1NC(=O)c1ccc(N2CCCC(C)C2)c([N+](=O)[O-])c1. The number of benzene rings is 2. The number of piperidine rings is 1. The number of rotatable bonds is 5. The summed E-state index contributed by atoms with van der Waals surface area (Å²) in [5.74, 6) is 0.614. The predicted molar refractivity (Wildman–Crippen MR) is 109 cm³/mol. The fourth-order valence-corrected chi connectivity index (χ4v) is 3.60. The van der Waals surface area contributed by atoms with Gasteiger partial charge in [-0.1, -0.05) is 13.0 Å². The Balaban J connectivity index is 1.88. The van der Waals surface area contributed by atoms with Gasteiger partial charge in [0.05, 0.1) is 17.7 Å². The summed E-state index contributed by atoms with van der Waals surface area (Å²) in [5.41, 5.74) is 2.27. The molecule has 1 saturated heterocycles. The van der Waals surface area contributed by atoms with Gasteiger partial charge in [0.1, 0.15) is 11.4 Å². The summed E-state index contributed by atoms with van der Waals surface area (Å²) in [6.07, 6.45) is 2.14. The Morgan fingerprint density at radius 2 is 2.07 bits per heavy atom. The Labute approximate surface area is 164 Å². The third-order valence-corrected chi connectivity index (χ3v) is 5.04. The van der Waals surface area contributed by atoms with Crippen LogP contribution in [0.25, 0.3) is 0 Å². The number of anilines is 2. The molecule has 1 amide bonds. The lowest BCUT2D eigenvalue weighted by molar-refractivity contribution is -0.384. The van der Waals surface area contributed by atoms with E-state index in [0.29, 0.717) is 23.0 Å². The topological polar surface area (TPSA) is 84.7 Å². The largest absolute Gasteiger partial charge is 0.495 e. The van der Waals surface area contributed by atoms with Crippen LogP contribution in [0.15, 0.2) is 36.4 Å². The van der Waals surface area contributed by atoms with Crippen molar-refractivity contribution in [1.82, 2.24) is 0 Å². The molecule has 0 saturated carbocycles. The summed E-state index contributed by atoms with van der Waals surface area (Å²) >= 11 is 0. The highest BCUT2D eigenvalue weighted by atomic mass is 16.6. The number of amides is 1. The monoisotopic (exact) mass is 383 g/mol. The van der Waals surface area contributed by atoms with E-state index in [2.05, 4.69) is 12.2 Å². The van der Waals surface area contributed by atoms with Crippen LogP contribution in [-0.4, -0.2) is 31.0 Å². The lowest BCUT2D eigenvalue weighted by atomic mass is 9.99. The van der Waals surface area contributed by atoms with Crippen LogP contribution in [0.2, 0.25) is 0 Å². The zero-order valence-corrected chi connectivity index (χ0v) is 16.4. The van der Waals surface area contributed by atoms with Crippen molar-refractivity contribution < 1.29 is 14.5 Å². The van der Waals surface area contributed by atoms with Crippen molar-refractivity contribution >= 4 is 23.0 Å². The first-order chi connectivity index (χ1) is 13.4. The van der Waals surface area contributed by atoms with Crippen LogP contribution < -0.4 is 15.0 Å². The first kappa shape index (κ1) is 19.7. The van der Waals surface area contributed by atoms with Crippen LogP contribution >= 0.6 is 0 Å². The predicted octanol–water partition coefficient (Wildman–Crippen LogP) is 4.40. The zero-order valence-electron chi connectivity index (χ0n) is 16.4. The van der Waals surface area contributed by atoms with E-state index in [4.69, 9.17) is 4.74 Å². The number of nitro groups is 1. The van der Waals surface area contributed by atoms with E-state index < -0.39 is 10.8 Å². The molecule has 148 valence electrons. The summed E-state index contributed by atoms with van der Waals surface area (Å²) in [6.45, 7) is 5.63. The van der Waals surface area contributed by atoms with Crippen molar-refractivity contribution in [2.45, 2.75) is 26.7 Å². The van der Waals surface area contributed by atoms with Gasteiger partial charge in [-0.3, -0.25) is 14.9 Å². The number of nitro benzene ring substituents is 1. The lowest BCUT2D eigenvalue weighted by Crippen LogP contribution is -2.34. The van der Waals surface area contributed by atoms with Crippen molar-refractivity contribution in [1.29, 1.82) is 0 Å². The number of carbonyl (C=O) groups is 1. The summed E-state index contributed by atoms with van der Waals surface area (Å²) in [7, 11) is 1.53. The second-order valence-corrected chi connectivity index (χ2v) is 7.31. The number of carbonyl (C=O) groups excluding carboxylic acids is 1. The molecule has 1 atom stereocenters. The Morgan fingerprint density at radius 3 is 2.75 bits per heavy atom. The second kappa shape index (κ2) is 8.29. The number of nitrogens with zero attached hydrogens (tertiary/aromatic N) is 2. The van der Waals surface area contributed by atoms with Crippen LogP contribution in [0.3, 0.4) is 0 Å². The molecular formula is C21H25N3O4. The van der Waals surface area contributed by atoms with Gasteiger partial charge in [0.2, 0.25) is 0 Å². The molecule has 3 rings (SSSR count). The van der Waals surface area contributed by atoms with Crippen LogP contribution in [0.5, 0.6) is 5.75 Å². The molecule has 0 radical (unpaired) electrons. The van der Waals surface area contributed by atoms with E-state index in [1.807, 2.05) is 17.9 Å². The first-order valence-electron chi connectivity index (χ1n) is 9.38. The van der Waals surface area contributed by atoms with E-state index in [9.17, 15) is 14.9 Å². The average Bonchev–Trinajstić information content (AvgIpc) is 2.67. The minimum absolute atomic E-state index is 0.0436. The molecule has 0 aliphatic carbocycles. The van der Waals surface area contributed by atoms with Gasteiger partial charge in [-0.15, -0.1) is 0 Å². The molecule has 0 aromatic heterocycles. The molecule has 1 aliphatic rings. The third-order valence-electron chi connectivity index (χ3n) is 5.04. The summed E-state index contributed by atoms with van der Waals surface area (Å²) in [4.78, 5) is 26.0. The van der Waals surface area contributed by atoms with Crippen LogP contribution in [0.1, 0.15) is 35.7 Å². The smallest absolute Gasteiger partial charge is 0.293 e. The Bertz CT molecular complexity index is 897. The Kier molecular flexibility index (Phi) is 5.82. The summed E-state index contributed by atoms with van der Waals surface area (Å²) in [6, 6.07) is 10.1. The van der Waals surface area contributed by atoms with Crippen molar-refractivity contribution in [2.75, 3.05) is 30.4 Å². The summed E-state index contributed by atoms with van der Waals surface area (Å²) < 4.78 is 5.28. The highest BCUT2D eigenvalue weighted by Crippen LogP contribution is 2.33. The lowest BCUT2D eigenvalue weighted by Gasteiger charge is -2.32. The van der Waals surface area contributed by atoms with E-state index in [1.165, 1.54) is 13.2 Å². The number of nitrogens with one attached hydrogen (secondary N) is 1. The molecule has 2 aromatic rings. The maximum atomic E-state index is 12.7. The molecule has 2 aromatic carbocycles. The van der Waals surface area contributed by atoms with E-state index in [-0.39, 0.29) is 11.3 Å². The van der Waals surface area contributed by atoms with Crippen molar-refractivity contribution in [3.05, 3.63) is 57.6 Å². The maximum Gasteiger partial charge on any atom is 0.293 e. The molecule has 7 heteroatoms. The molecule has 1 N–H and O–H groups in total. The number of methoxy groups -OCH3 is 1. The average molecular weight is 383 g/mol. The normalized spacial score (nSPS) is 16.5. The minimum atomic E-state index is -0.418. The van der Waals surface area contributed by atoms with Crippen molar-refractivity contribution in [2.24, 2.45) is 5.92 Å². The van der Waals surface area contributed by atoms with Gasteiger partial charge in [0.15, 0.2) is 0 Å². The number of ether oxygens (including phenoxy) is 1. The van der Waals surface area contributed by atoms with Crippen LogP contribution in [0, 0.1) is 23.0 Å². The van der Waals surface area contributed by atoms with E-state index in [1.54, 1.807) is 24.3 Å². The fourth-order valence-electron chi connectivity index (χ4n) is 3.60. The molecule has 1 aliphatic heterocycles. The van der Waals surface area contributed by atoms with E-state index >= 15 is 0 Å². The standard InChI is InChI=1S/C21H25N3O4/c1-14-6-9-20(28-3)17(11-14)22-21(25)16-7-8-18(19(12-16)24(26)27)23-10-4-5-15(2)13-23/h6-9,11-12,15H,4-5,10,13H2,1-3H3,(H,22,25). The van der Waals surface area contributed by atoms with Gasteiger partial charge in [-0.2, -0.15) is 0 Å². The van der Waals surface area contributed by atoms with E-state index in [0.717, 1.165) is 31.5 Å². The molecule has 7 nitrogen and oxygen atoms in total. The third kappa shape index (κ3) is 4.24. The Morgan fingerprint density at radius 1 is 1.29 bits per heavy atom. The van der Waals surface area contributed by atoms with Gasteiger partial charge in [0.25, 0.3) is 11.6 Å². The highest BCUT2D eigenvalue weighted by molar-refractivity contribution is 6.05. The molecule has 28 heavy (non-hydrogen) atoms. The number of hydrogen-bond acceptors (Lipinski definition) is 5. The first-order valence-corrected chi connectivity index (χ1v) is 9.38. The van der Waals surface area contributed by atoms with Gasteiger partial charge >= 0.3 is 0 Å². The Hall–Kier alpha value is -3.09. The van der Waals surface area contributed by atoms with Gasteiger partial charge in [0, 0.05) is 24.7 Å². The van der Waals surface area contributed by atoms with Gasteiger partial charge in [-0.25, -0.2) is 0 Å².